The highest BCUT2D eigenvalue weighted by Crippen LogP contribution is 2.64. The van der Waals surface area contributed by atoms with Crippen molar-refractivity contribution in [3.63, 3.8) is 0 Å². The molecule has 3 fully saturated rings. The van der Waals surface area contributed by atoms with Crippen molar-refractivity contribution in [2.45, 2.75) is 50.5 Å². The summed E-state index contributed by atoms with van der Waals surface area (Å²) in [6.07, 6.45) is 9.34. The van der Waals surface area contributed by atoms with E-state index >= 15 is 0 Å². The molecule has 144 valence electrons. The van der Waals surface area contributed by atoms with Crippen LogP contribution in [0.5, 0.6) is 0 Å². The van der Waals surface area contributed by atoms with Gasteiger partial charge < -0.3 is 9.05 Å². The largest absolute Gasteiger partial charge is 0.339 e. The van der Waals surface area contributed by atoms with E-state index in [2.05, 4.69) is 30.2 Å². The molecule has 0 aromatic carbocycles. The molecule has 1 saturated heterocycles. The predicted molar refractivity (Wildman–Crippen MR) is 98.1 cm³/mol. The van der Waals surface area contributed by atoms with Crippen LogP contribution in [-0.2, 0) is 6.54 Å². The molecule has 28 heavy (non-hydrogen) atoms. The van der Waals surface area contributed by atoms with Crippen LogP contribution in [0.1, 0.15) is 61.5 Å². The van der Waals surface area contributed by atoms with Crippen molar-refractivity contribution in [1.82, 2.24) is 30.2 Å². The first-order chi connectivity index (χ1) is 13.8. The molecule has 3 aromatic heterocycles. The maximum Gasteiger partial charge on any atom is 0.240 e. The van der Waals surface area contributed by atoms with Crippen LogP contribution < -0.4 is 0 Å². The zero-order chi connectivity index (χ0) is 18.6. The minimum absolute atomic E-state index is 0.323. The summed E-state index contributed by atoms with van der Waals surface area (Å²) < 4.78 is 11.0. The van der Waals surface area contributed by atoms with Crippen LogP contribution >= 0.6 is 0 Å². The highest BCUT2D eigenvalue weighted by Gasteiger charge is 2.58. The first kappa shape index (κ1) is 16.4. The van der Waals surface area contributed by atoms with Crippen molar-refractivity contribution >= 4 is 0 Å². The Morgan fingerprint density at radius 3 is 2.79 bits per heavy atom. The second-order valence-electron chi connectivity index (χ2n) is 8.41. The Labute approximate surface area is 162 Å². The fraction of sp³-hybridized carbons (Fsp3) is 0.550. The first-order valence-corrected chi connectivity index (χ1v) is 10.1. The van der Waals surface area contributed by atoms with Gasteiger partial charge in [-0.1, -0.05) is 10.3 Å². The molecule has 3 aromatic rings. The van der Waals surface area contributed by atoms with Crippen LogP contribution in [0.2, 0.25) is 0 Å². The zero-order valence-corrected chi connectivity index (χ0v) is 15.6. The summed E-state index contributed by atoms with van der Waals surface area (Å²) in [4.78, 5) is 15.7. The second-order valence-corrected chi connectivity index (χ2v) is 8.41. The molecule has 3 aliphatic rings. The van der Waals surface area contributed by atoms with Crippen molar-refractivity contribution in [3.8, 4) is 11.4 Å². The highest BCUT2D eigenvalue weighted by molar-refractivity contribution is 5.52. The Morgan fingerprint density at radius 1 is 1.11 bits per heavy atom. The molecule has 1 aliphatic heterocycles. The molecule has 6 rings (SSSR count). The lowest BCUT2D eigenvalue weighted by atomic mass is 9.91. The summed E-state index contributed by atoms with van der Waals surface area (Å²) in [5.74, 6) is 3.98. The van der Waals surface area contributed by atoms with Crippen LogP contribution in [0, 0.1) is 5.41 Å². The molecule has 1 atom stereocenters. The minimum Gasteiger partial charge on any atom is -0.339 e. The maximum atomic E-state index is 5.59. The summed E-state index contributed by atoms with van der Waals surface area (Å²) in [6, 6.07) is 3.84. The Bertz CT molecular complexity index is 972. The molecular weight excluding hydrogens is 356 g/mol. The first-order valence-electron chi connectivity index (χ1n) is 10.1. The number of rotatable bonds is 5. The van der Waals surface area contributed by atoms with Gasteiger partial charge in [0.15, 0.2) is 5.82 Å². The van der Waals surface area contributed by atoms with Crippen LogP contribution in [0.4, 0.5) is 0 Å². The quantitative estimate of drug-likeness (QED) is 0.668. The number of nitrogens with zero attached hydrogens (tertiary/aromatic N) is 6. The van der Waals surface area contributed by atoms with E-state index in [9.17, 15) is 0 Å². The molecule has 2 saturated carbocycles. The van der Waals surface area contributed by atoms with E-state index in [0.717, 1.165) is 62.1 Å². The molecule has 4 heterocycles. The third-order valence-electron chi connectivity index (χ3n) is 6.49. The Morgan fingerprint density at radius 2 is 2.00 bits per heavy atom. The number of pyridine rings is 1. The van der Waals surface area contributed by atoms with Gasteiger partial charge in [-0.3, -0.25) is 9.88 Å². The summed E-state index contributed by atoms with van der Waals surface area (Å²) in [5, 5.41) is 8.27. The third kappa shape index (κ3) is 2.92. The van der Waals surface area contributed by atoms with E-state index in [0.29, 0.717) is 23.1 Å². The van der Waals surface area contributed by atoms with Gasteiger partial charge in [-0.25, -0.2) is 0 Å². The molecular formula is C20H22N6O2. The number of aromatic nitrogens is 5. The van der Waals surface area contributed by atoms with Crippen molar-refractivity contribution in [2.24, 2.45) is 5.41 Å². The maximum absolute atomic E-state index is 5.59. The molecule has 0 amide bonds. The molecule has 1 spiro atoms. The van der Waals surface area contributed by atoms with Crippen molar-refractivity contribution in [3.05, 3.63) is 42.1 Å². The van der Waals surface area contributed by atoms with Crippen LogP contribution in [0.15, 0.2) is 33.6 Å². The van der Waals surface area contributed by atoms with E-state index in [-0.39, 0.29) is 0 Å². The lowest BCUT2D eigenvalue weighted by Gasteiger charge is -2.31. The smallest absolute Gasteiger partial charge is 0.240 e. The Kier molecular flexibility index (Phi) is 3.62. The highest BCUT2D eigenvalue weighted by atomic mass is 16.5. The summed E-state index contributed by atoms with van der Waals surface area (Å²) in [7, 11) is 0. The lowest BCUT2D eigenvalue weighted by molar-refractivity contribution is 0.144. The fourth-order valence-electron chi connectivity index (χ4n) is 4.43. The van der Waals surface area contributed by atoms with E-state index in [1.165, 1.54) is 12.8 Å². The molecule has 0 radical (unpaired) electrons. The number of piperidine rings is 1. The van der Waals surface area contributed by atoms with E-state index in [4.69, 9.17) is 9.05 Å². The lowest BCUT2D eigenvalue weighted by Crippen LogP contribution is -2.34. The van der Waals surface area contributed by atoms with E-state index in [1.807, 2.05) is 12.1 Å². The molecule has 0 N–H and O–H groups in total. The molecule has 2 aliphatic carbocycles. The second kappa shape index (κ2) is 6.20. The fourth-order valence-corrected chi connectivity index (χ4v) is 4.43. The Hall–Kier alpha value is -2.61. The van der Waals surface area contributed by atoms with Crippen molar-refractivity contribution in [1.29, 1.82) is 0 Å². The van der Waals surface area contributed by atoms with Gasteiger partial charge in [0.05, 0.1) is 6.54 Å². The van der Waals surface area contributed by atoms with E-state index < -0.39 is 0 Å². The number of likely N-dealkylation sites (tertiary alicyclic amines) is 1. The van der Waals surface area contributed by atoms with Crippen molar-refractivity contribution < 1.29 is 9.05 Å². The van der Waals surface area contributed by atoms with Crippen molar-refractivity contribution in [2.75, 3.05) is 13.1 Å². The van der Waals surface area contributed by atoms with Crippen LogP contribution in [-0.4, -0.2) is 43.3 Å². The zero-order valence-electron chi connectivity index (χ0n) is 15.6. The number of hydrogen-bond acceptors (Lipinski definition) is 8. The normalized spacial score (nSPS) is 23.9. The van der Waals surface area contributed by atoms with Crippen LogP contribution in [0.25, 0.3) is 11.4 Å². The van der Waals surface area contributed by atoms with Gasteiger partial charge in [-0.2, -0.15) is 9.97 Å². The SMILES string of the molecule is c1cncc(-c2noc(C3CC34CCN(Cc3nc(C5CC5)no3)CC4)n2)c1. The average molecular weight is 378 g/mol. The summed E-state index contributed by atoms with van der Waals surface area (Å²) in [5.41, 5.74) is 1.22. The Balaban J connectivity index is 1.07. The standard InChI is InChI=1S/C20H22N6O2/c1-2-14(11-21-7-1)18-23-19(28-25-18)15-10-20(15)5-8-26(9-6-20)12-16-22-17(24-27-16)13-3-4-13/h1-2,7,11,13,15H,3-6,8-10,12H2. The van der Waals surface area contributed by atoms with Gasteiger partial charge in [0.2, 0.25) is 17.6 Å². The van der Waals surface area contributed by atoms with Gasteiger partial charge in [-0.05, 0) is 62.7 Å². The predicted octanol–water partition coefficient (Wildman–Crippen LogP) is 3.16. The molecule has 8 nitrogen and oxygen atoms in total. The topological polar surface area (TPSA) is 94.0 Å². The molecule has 0 bridgehead atoms. The van der Waals surface area contributed by atoms with Gasteiger partial charge in [-0.15, -0.1) is 0 Å². The molecule has 8 heteroatoms. The van der Waals surface area contributed by atoms with Gasteiger partial charge in [0.25, 0.3) is 0 Å². The average Bonchev–Trinajstić information content (AvgIpc) is 3.59. The summed E-state index contributed by atoms with van der Waals surface area (Å²) in [6.45, 7) is 2.84. The van der Waals surface area contributed by atoms with E-state index in [1.54, 1.807) is 12.4 Å². The van der Waals surface area contributed by atoms with Gasteiger partial charge >= 0.3 is 0 Å². The molecule has 1 unspecified atom stereocenters. The monoisotopic (exact) mass is 378 g/mol. The van der Waals surface area contributed by atoms with Crippen LogP contribution in [0.3, 0.4) is 0 Å². The van der Waals surface area contributed by atoms with Gasteiger partial charge in [0.1, 0.15) is 0 Å². The third-order valence-corrected chi connectivity index (χ3v) is 6.49. The number of hydrogen-bond donors (Lipinski definition) is 0. The van der Waals surface area contributed by atoms with Gasteiger partial charge in [0, 0.05) is 29.8 Å². The summed E-state index contributed by atoms with van der Waals surface area (Å²) >= 11 is 0. The minimum atomic E-state index is 0.323.